The van der Waals surface area contributed by atoms with E-state index in [-0.39, 0.29) is 5.75 Å². The quantitative estimate of drug-likeness (QED) is 0.283. The predicted octanol–water partition coefficient (Wildman–Crippen LogP) is -3.20. The molecule has 1 unspecified atom stereocenters. The van der Waals surface area contributed by atoms with E-state index in [0.29, 0.717) is 0 Å². The summed E-state index contributed by atoms with van der Waals surface area (Å²) in [5.41, 5.74) is 5.07. The van der Waals surface area contributed by atoms with Gasteiger partial charge in [0.15, 0.2) is 0 Å². The van der Waals surface area contributed by atoms with Crippen molar-refractivity contribution in [3.8, 4) is 0 Å². The maximum Gasteiger partial charge on any atom is 0.370 e. The van der Waals surface area contributed by atoms with Crippen LogP contribution in [0.3, 0.4) is 0 Å². The van der Waals surface area contributed by atoms with Crippen molar-refractivity contribution in [1.82, 2.24) is 0 Å². The zero-order valence-corrected chi connectivity index (χ0v) is 6.88. The molecule has 0 saturated carbocycles. The van der Waals surface area contributed by atoms with Gasteiger partial charge < -0.3 is 15.1 Å². The second kappa shape index (κ2) is 5.58. The number of hydrogen-bond acceptors (Lipinski definition) is 7. The number of rotatable bonds is 4. The average Bonchev–Trinajstić information content (AvgIpc) is 1.98. The summed E-state index contributed by atoms with van der Waals surface area (Å²) >= 11 is 3.66. The summed E-state index contributed by atoms with van der Waals surface area (Å²) in [6.07, 6.45) is 0. The van der Waals surface area contributed by atoms with E-state index in [1.807, 2.05) is 0 Å². The van der Waals surface area contributed by atoms with Crippen LogP contribution in [0.1, 0.15) is 0 Å². The van der Waals surface area contributed by atoms with Crippen LogP contribution in [0.4, 0.5) is 0 Å². The van der Waals surface area contributed by atoms with Gasteiger partial charge in [-0.2, -0.15) is 12.6 Å². The molecule has 66 valence electrons. The van der Waals surface area contributed by atoms with E-state index in [1.165, 1.54) is 0 Å². The second-order valence-electron chi connectivity index (χ2n) is 1.44. The van der Waals surface area contributed by atoms with Crippen molar-refractivity contribution < 1.29 is 34.2 Å². The number of carbonyl (C=O) groups excluding carboxylic acids is 1. The molecular weight excluding hydrogens is 198 g/mol. The van der Waals surface area contributed by atoms with E-state index in [0.717, 1.165) is 0 Å². The highest BCUT2D eigenvalue weighted by Crippen LogP contribution is 1.90. The molecule has 0 saturated heterocycles. The fraction of sp³-hybridized carbons (Fsp3) is 0.667. The molecular formula is C3H6ClNO5S. The van der Waals surface area contributed by atoms with Gasteiger partial charge in [-0.05, 0) is 0 Å². The molecule has 0 aliphatic rings. The van der Waals surface area contributed by atoms with Gasteiger partial charge in [0.05, 0.1) is 0 Å². The molecule has 11 heavy (non-hydrogen) atoms. The fourth-order valence-corrected chi connectivity index (χ4v) is 0.456. The minimum Gasteiger partial charge on any atom is -0.318 e. The number of nitrogens with two attached hydrogens (primary N) is 1. The van der Waals surface area contributed by atoms with Gasteiger partial charge in [0.25, 0.3) is 4.44 Å². The maximum atomic E-state index is 10.5. The van der Waals surface area contributed by atoms with Gasteiger partial charge in [-0.25, -0.2) is 9.68 Å². The molecule has 0 aromatic heterocycles. The van der Waals surface area contributed by atoms with Crippen LogP contribution in [-0.4, -0.2) is 17.8 Å². The molecule has 0 aliphatic carbocycles. The molecule has 6 nitrogen and oxygen atoms in total. The highest BCUT2D eigenvalue weighted by molar-refractivity contribution is 7.80. The highest BCUT2D eigenvalue weighted by atomic mass is 35.6. The second-order valence-corrected chi connectivity index (χ2v) is 2.31. The van der Waals surface area contributed by atoms with E-state index in [1.54, 1.807) is 0 Å². The first-order valence-electron chi connectivity index (χ1n) is 2.38. The molecule has 0 aromatic carbocycles. The Morgan fingerprint density at radius 2 is 2.27 bits per heavy atom. The van der Waals surface area contributed by atoms with E-state index in [9.17, 15) is 14.1 Å². The Kier molecular flexibility index (Phi) is 5.56. The van der Waals surface area contributed by atoms with E-state index in [2.05, 4.69) is 22.0 Å². The van der Waals surface area contributed by atoms with Crippen LogP contribution < -0.4 is 15.1 Å². The van der Waals surface area contributed by atoms with Crippen LogP contribution in [0.25, 0.3) is 0 Å². The van der Waals surface area contributed by atoms with Gasteiger partial charge in [-0.15, -0.1) is 0 Å². The predicted molar refractivity (Wildman–Crippen MR) is 29.0 cm³/mol. The summed E-state index contributed by atoms with van der Waals surface area (Å²) in [6, 6.07) is -0.990. The Bertz CT molecular complexity index is 133. The zero-order chi connectivity index (χ0) is 8.85. The SMILES string of the molecule is NC(CS)C(=O)OO[Cl+2]([O-])[O-]. The molecule has 0 heterocycles. The van der Waals surface area contributed by atoms with Crippen molar-refractivity contribution in [2.24, 2.45) is 5.73 Å². The third-order valence-corrected chi connectivity index (χ3v) is 1.22. The summed E-state index contributed by atoms with van der Waals surface area (Å²) in [6.45, 7) is 0. The molecule has 0 rings (SSSR count). The Balaban J connectivity index is 3.52. The van der Waals surface area contributed by atoms with Crippen LogP contribution in [-0.2, 0) is 14.1 Å². The minimum absolute atomic E-state index is 0.0452. The topological polar surface area (TPSA) is 108 Å². The first-order valence-corrected chi connectivity index (χ1v) is 3.94. The average molecular weight is 204 g/mol. The largest absolute Gasteiger partial charge is 0.370 e. The molecule has 0 bridgehead atoms. The summed E-state index contributed by atoms with van der Waals surface area (Å²) < 4.78 is 22.7. The smallest absolute Gasteiger partial charge is 0.318 e. The van der Waals surface area contributed by atoms with Crippen molar-refractivity contribution in [2.45, 2.75) is 6.04 Å². The van der Waals surface area contributed by atoms with Crippen molar-refractivity contribution in [3.63, 3.8) is 0 Å². The maximum absolute atomic E-state index is 10.5. The van der Waals surface area contributed by atoms with Gasteiger partial charge in [0.1, 0.15) is 6.04 Å². The molecule has 0 radical (unpaired) electrons. The lowest BCUT2D eigenvalue weighted by atomic mass is 10.4. The molecule has 0 amide bonds. The van der Waals surface area contributed by atoms with Gasteiger partial charge in [-0.1, -0.05) is 0 Å². The normalized spacial score (nSPS) is 13.2. The third kappa shape index (κ3) is 5.24. The van der Waals surface area contributed by atoms with Crippen molar-refractivity contribution in [1.29, 1.82) is 0 Å². The number of carbonyl (C=O) groups is 1. The Morgan fingerprint density at radius 3 is 2.64 bits per heavy atom. The lowest BCUT2D eigenvalue weighted by Crippen LogP contribution is -2.39. The first-order chi connectivity index (χ1) is 5.07. The standard InChI is InChI=1S/C3H6ClNO5S/c5-2(1-11)3(6)9-10-4(7)8/h2,11H,1,5H2. The highest BCUT2D eigenvalue weighted by Gasteiger charge is 2.20. The Morgan fingerprint density at radius 1 is 1.73 bits per heavy atom. The van der Waals surface area contributed by atoms with Crippen molar-refractivity contribution in [2.75, 3.05) is 5.75 Å². The summed E-state index contributed by atoms with van der Waals surface area (Å²) in [5, 5.41) is 0. The minimum atomic E-state index is -2.57. The van der Waals surface area contributed by atoms with Gasteiger partial charge in [-0.3, -0.25) is 0 Å². The summed E-state index contributed by atoms with van der Waals surface area (Å²) in [5.74, 6) is -0.946. The van der Waals surface area contributed by atoms with E-state index < -0.39 is 22.8 Å². The van der Waals surface area contributed by atoms with Crippen LogP contribution in [0, 0.1) is 10.8 Å². The lowest BCUT2D eigenvalue weighted by Gasteiger charge is -2.01. The fourth-order valence-electron chi connectivity index (χ4n) is 0.193. The van der Waals surface area contributed by atoms with Crippen molar-refractivity contribution >= 4 is 18.6 Å². The van der Waals surface area contributed by atoms with Gasteiger partial charge in [0, 0.05) is 5.75 Å². The van der Waals surface area contributed by atoms with Crippen molar-refractivity contribution in [3.05, 3.63) is 0 Å². The molecule has 0 fully saturated rings. The van der Waals surface area contributed by atoms with Gasteiger partial charge >= 0.3 is 16.8 Å². The number of hydrogen-bond donors (Lipinski definition) is 2. The number of halogens is 1. The summed E-state index contributed by atoms with van der Waals surface area (Å²) in [4.78, 5) is 14.2. The van der Waals surface area contributed by atoms with Crippen LogP contribution >= 0.6 is 12.6 Å². The lowest BCUT2D eigenvalue weighted by molar-refractivity contribution is -1.64. The molecule has 0 spiro atoms. The Labute approximate surface area is 71.0 Å². The molecule has 8 heteroatoms. The molecule has 0 aliphatic heterocycles. The van der Waals surface area contributed by atoms with E-state index >= 15 is 0 Å². The molecule has 0 aromatic rings. The van der Waals surface area contributed by atoms with Crippen LogP contribution in [0.2, 0.25) is 0 Å². The third-order valence-electron chi connectivity index (χ3n) is 0.665. The van der Waals surface area contributed by atoms with Crippen LogP contribution in [0.15, 0.2) is 0 Å². The Hall–Kier alpha value is -0.0500. The number of thiol groups is 1. The summed E-state index contributed by atoms with van der Waals surface area (Å²) in [7, 11) is -2.57. The molecule has 2 N–H and O–H groups in total. The first kappa shape index (κ1) is 11.0. The zero-order valence-electron chi connectivity index (χ0n) is 5.23. The van der Waals surface area contributed by atoms with Crippen LogP contribution in [0.5, 0.6) is 0 Å². The van der Waals surface area contributed by atoms with E-state index in [4.69, 9.17) is 5.73 Å². The molecule has 1 atom stereocenters. The monoisotopic (exact) mass is 203 g/mol. The van der Waals surface area contributed by atoms with Gasteiger partial charge in [0.2, 0.25) is 0 Å².